The predicted molar refractivity (Wildman–Crippen MR) is 102 cm³/mol. The molecule has 2 heterocycles. The van der Waals surface area contributed by atoms with Crippen molar-refractivity contribution in [2.75, 3.05) is 32.7 Å². The zero-order valence-electron chi connectivity index (χ0n) is 15.1. The molecule has 1 aromatic carbocycles. The summed E-state index contributed by atoms with van der Waals surface area (Å²) in [7, 11) is 0. The third-order valence-corrected chi connectivity index (χ3v) is 6.41. The summed E-state index contributed by atoms with van der Waals surface area (Å²) >= 11 is 0. The summed E-state index contributed by atoms with van der Waals surface area (Å²) in [5, 5.41) is 18.0. The van der Waals surface area contributed by atoms with E-state index in [2.05, 4.69) is 51.9 Å². The lowest BCUT2D eigenvalue weighted by Gasteiger charge is -2.46. The molecule has 25 heavy (non-hydrogen) atoms. The van der Waals surface area contributed by atoms with Gasteiger partial charge in [-0.15, -0.1) is 0 Å². The standard InChI is InChI=1S/C21H31N3O/c25-21(20-16-22-12-13-23-20)10-6-19(7-11-21)24-14-8-18(9-15-24)17-4-2-1-3-5-17/h1-5,8,19-20,22-23,25H,6-7,9-16H2. The van der Waals surface area contributed by atoms with Crippen LogP contribution in [-0.4, -0.2) is 60.4 Å². The zero-order chi connectivity index (χ0) is 17.1. The van der Waals surface area contributed by atoms with Gasteiger partial charge in [0.15, 0.2) is 0 Å². The molecule has 0 bridgehead atoms. The number of aliphatic hydroxyl groups is 1. The summed E-state index contributed by atoms with van der Waals surface area (Å²) in [4.78, 5) is 2.62. The molecule has 4 rings (SSSR count). The van der Waals surface area contributed by atoms with Crippen LogP contribution >= 0.6 is 0 Å². The van der Waals surface area contributed by atoms with Crippen molar-refractivity contribution in [1.82, 2.24) is 15.5 Å². The smallest absolute Gasteiger partial charge is 0.0813 e. The second-order valence-corrected chi connectivity index (χ2v) is 7.89. The molecule has 0 spiro atoms. The van der Waals surface area contributed by atoms with Crippen LogP contribution in [0.5, 0.6) is 0 Å². The van der Waals surface area contributed by atoms with Crippen LogP contribution < -0.4 is 10.6 Å². The molecule has 1 saturated heterocycles. The van der Waals surface area contributed by atoms with Crippen molar-refractivity contribution in [2.45, 2.75) is 49.8 Å². The fourth-order valence-electron chi connectivity index (χ4n) is 4.78. The number of piperazine rings is 1. The van der Waals surface area contributed by atoms with E-state index in [-0.39, 0.29) is 6.04 Å². The molecular formula is C21H31N3O. The highest BCUT2D eigenvalue weighted by atomic mass is 16.3. The topological polar surface area (TPSA) is 47.5 Å². The van der Waals surface area contributed by atoms with Gasteiger partial charge in [0, 0.05) is 44.8 Å². The lowest BCUT2D eigenvalue weighted by Crippen LogP contribution is -2.62. The number of hydrogen-bond donors (Lipinski definition) is 3. The maximum absolute atomic E-state index is 11.1. The Morgan fingerprint density at radius 2 is 1.88 bits per heavy atom. The van der Waals surface area contributed by atoms with Crippen LogP contribution in [0.4, 0.5) is 0 Å². The zero-order valence-corrected chi connectivity index (χ0v) is 15.1. The number of nitrogens with one attached hydrogen (secondary N) is 2. The Hall–Kier alpha value is -1.20. The van der Waals surface area contributed by atoms with E-state index >= 15 is 0 Å². The van der Waals surface area contributed by atoms with E-state index in [0.717, 1.165) is 64.8 Å². The first-order valence-electron chi connectivity index (χ1n) is 9.90. The molecule has 1 aromatic rings. The van der Waals surface area contributed by atoms with Crippen LogP contribution in [0.1, 0.15) is 37.7 Å². The summed E-state index contributed by atoms with van der Waals surface area (Å²) < 4.78 is 0. The highest BCUT2D eigenvalue weighted by Crippen LogP contribution is 2.35. The molecule has 0 amide bonds. The molecule has 4 heteroatoms. The Balaban J connectivity index is 1.32. The van der Waals surface area contributed by atoms with Gasteiger partial charge < -0.3 is 15.7 Å². The predicted octanol–water partition coefficient (Wildman–Crippen LogP) is 2.01. The van der Waals surface area contributed by atoms with E-state index in [1.54, 1.807) is 0 Å². The Labute approximate surface area is 151 Å². The highest BCUT2D eigenvalue weighted by Gasteiger charge is 2.41. The summed E-state index contributed by atoms with van der Waals surface area (Å²) in [6.07, 6.45) is 7.61. The van der Waals surface area contributed by atoms with E-state index in [1.165, 1.54) is 11.1 Å². The molecule has 3 aliphatic rings. The fraction of sp³-hybridized carbons (Fsp3) is 0.619. The van der Waals surface area contributed by atoms with Gasteiger partial charge in [0.25, 0.3) is 0 Å². The van der Waals surface area contributed by atoms with Crippen LogP contribution in [-0.2, 0) is 0 Å². The average Bonchev–Trinajstić information content (AvgIpc) is 2.70. The largest absolute Gasteiger partial charge is 0.388 e. The molecule has 1 atom stereocenters. The van der Waals surface area contributed by atoms with Crippen LogP contribution in [0, 0.1) is 0 Å². The minimum Gasteiger partial charge on any atom is -0.388 e. The molecule has 0 radical (unpaired) electrons. The Kier molecular flexibility index (Phi) is 5.23. The van der Waals surface area contributed by atoms with Crippen LogP contribution in [0.3, 0.4) is 0 Å². The number of nitrogens with zero attached hydrogens (tertiary/aromatic N) is 1. The molecule has 136 valence electrons. The average molecular weight is 341 g/mol. The summed E-state index contributed by atoms with van der Waals surface area (Å²) in [5.74, 6) is 0. The normalized spacial score (nSPS) is 34.5. The SMILES string of the molecule is OC1(C2CNCCN2)CCC(N2CC=C(c3ccccc3)CC2)CC1. The van der Waals surface area contributed by atoms with Crippen LogP contribution in [0.2, 0.25) is 0 Å². The lowest BCUT2D eigenvalue weighted by atomic mass is 9.76. The third kappa shape index (κ3) is 3.82. The third-order valence-electron chi connectivity index (χ3n) is 6.41. The van der Waals surface area contributed by atoms with Crippen LogP contribution in [0.25, 0.3) is 5.57 Å². The van der Waals surface area contributed by atoms with Gasteiger partial charge >= 0.3 is 0 Å². The quantitative estimate of drug-likeness (QED) is 0.787. The minimum absolute atomic E-state index is 0.216. The molecule has 2 aliphatic heterocycles. The maximum Gasteiger partial charge on any atom is 0.0813 e. The van der Waals surface area contributed by atoms with E-state index in [0.29, 0.717) is 6.04 Å². The van der Waals surface area contributed by atoms with Crippen molar-refractivity contribution >= 4 is 5.57 Å². The fourth-order valence-corrected chi connectivity index (χ4v) is 4.78. The maximum atomic E-state index is 11.1. The minimum atomic E-state index is -0.523. The van der Waals surface area contributed by atoms with Gasteiger partial charge in [0.05, 0.1) is 5.60 Å². The van der Waals surface area contributed by atoms with E-state index in [4.69, 9.17) is 0 Å². The number of hydrogen-bond acceptors (Lipinski definition) is 4. The van der Waals surface area contributed by atoms with Gasteiger partial charge in [0.2, 0.25) is 0 Å². The van der Waals surface area contributed by atoms with E-state index in [1.807, 2.05) is 0 Å². The summed E-state index contributed by atoms with van der Waals surface area (Å²) in [6, 6.07) is 11.6. The molecule has 1 aliphatic carbocycles. The van der Waals surface area contributed by atoms with Crippen LogP contribution in [0.15, 0.2) is 36.4 Å². The summed E-state index contributed by atoms with van der Waals surface area (Å²) in [5.41, 5.74) is 2.34. The molecule has 2 fully saturated rings. The number of rotatable bonds is 3. The van der Waals surface area contributed by atoms with Crippen molar-refractivity contribution in [3.63, 3.8) is 0 Å². The first kappa shape index (κ1) is 17.2. The van der Waals surface area contributed by atoms with Gasteiger partial charge in [-0.2, -0.15) is 0 Å². The monoisotopic (exact) mass is 341 g/mol. The van der Waals surface area contributed by atoms with Gasteiger partial charge in [0.1, 0.15) is 0 Å². The first-order chi connectivity index (χ1) is 12.2. The molecule has 3 N–H and O–H groups in total. The van der Waals surface area contributed by atoms with E-state index in [9.17, 15) is 5.11 Å². The molecular weight excluding hydrogens is 310 g/mol. The van der Waals surface area contributed by atoms with Gasteiger partial charge in [-0.25, -0.2) is 0 Å². The molecule has 4 nitrogen and oxygen atoms in total. The molecule has 1 saturated carbocycles. The van der Waals surface area contributed by atoms with Gasteiger partial charge in [-0.05, 0) is 43.2 Å². The Morgan fingerprint density at radius 1 is 1.08 bits per heavy atom. The second-order valence-electron chi connectivity index (χ2n) is 7.89. The van der Waals surface area contributed by atoms with Crippen molar-refractivity contribution in [3.8, 4) is 0 Å². The number of benzene rings is 1. The van der Waals surface area contributed by atoms with Crippen molar-refractivity contribution in [2.24, 2.45) is 0 Å². The second kappa shape index (κ2) is 7.58. The summed E-state index contributed by atoms with van der Waals surface area (Å²) in [6.45, 7) is 5.08. The lowest BCUT2D eigenvalue weighted by molar-refractivity contribution is -0.0505. The first-order valence-corrected chi connectivity index (χ1v) is 9.90. The molecule has 1 unspecified atom stereocenters. The Morgan fingerprint density at radius 3 is 2.52 bits per heavy atom. The molecule has 0 aromatic heterocycles. The highest BCUT2D eigenvalue weighted by molar-refractivity contribution is 5.66. The van der Waals surface area contributed by atoms with Crippen molar-refractivity contribution in [1.29, 1.82) is 0 Å². The van der Waals surface area contributed by atoms with Gasteiger partial charge in [-0.3, -0.25) is 4.90 Å². The van der Waals surface area contributed by atoms with Crippen molar-refractivity contribution < 1.29 is 5.11 Å². The Bertz CT molecular complexity index is 586. The van der Waals surface area contributed by atoms with E-state index < -0.39 is 5.60 Å². The van der Waals surface area contributed by atoms with Crippen molar-refractivity contribution in [3.05, 3.63) is 42.0 Å². The van der Waals surface area contributed by atoms with Gasteiger partial charge in [-0.1, -0.05) is 36.4 Å².